The number of rotatable bonds is 3. The zero-order valence-electron chi connectivity index (χ0n) is 7.71. The van der Waals surface area contributed by atoms with Crippen molar-refractivity contribution in [2.24, 2.45) is 5.73 Å². The lowest BCUT2D eigenvalue weighted by atomic mass is 10.1. The largest absolute Gasteiger partial charge is 0.480 e. The third kappa shape index (κ3) is 1.77. The average Bonchev–Trinajstić information content (AvgIpc) is 2.66. The molecule has 15 heavy (non-hydrogen) atoms. The predicted octanol–water partition coefficient (Wildman–Crippen LogP) is -0.693. The molecule has 0 aromatic carbocycles. The summed E-state index contributed by atoms with van der Waals surface area (Å²) >= 11 is 0. The number of hydrogen-bond acceptors (Lipinski definition) is 5. The van der Waals surface area contributed by atoms with Crippen LogP contribution in [0.2, 0.25) is 0 Å². The lowest BCUT2D eigenvalue weighted by Gasteiger charge is -2.05. The van der Waals surface area contributed by atoms with Gasteiger partial charge >= 0.3 is 5.97 Å². The lowest BCUT2D eigenvalue weighted by molar-refractivity contribution is -0.138. The molecular weight excluding hydrogens is 198 g/mol. The molecule has 0 saturated heterocycles. The van der Waals surface area contributed by atoms with Crippen molar-refractivity contribution in [3.05, 3.63) is 18.3 Å². The normalized spacial score (nSPS) is 12.9. The van der Waals surface area contributed by atoms with Crippen LogP contribution in [0, 0.1) is 0 Å². The molecule has 78 valence electrons. The van der Waals surface area contributed by atoms with Crippen LogP contribution in [0.3, 0.4) is 0 Å². The highest BCUT2D eigenvalue weighted by Gasteiger charge is 2.15. The highest BCUT2D eigenvalue weighted by Crippen LogP contribution is 2.10. The number of aliphatic carboxylic acids is 1. The minimum absolute atomic E-state index is 0.149. The van der Waals surface area contributed by atoms with E-state index in [2.05, 4.69) is 19.9 Å². The molecule has 0 spiro atoms. The number of carbonyl (C=O) groups is 1. The molecular formula is C8H9N5O2. The van der Waals surface area contributed by atoms with Gasteiger partial charge in [0.2, 0.25) is 0 Å². The number of H-pyrrole nitrogens is 1. The summed E-state index contributed by atoms with van der Waals surface area (Å²) in [6.07, 6.45) is 2.97. The van der Waals surface area contributed by atoms with Gasteiger partial charge in [-0.05, 0) is 0 Å². The Morgan fingerprint density at radius 1 is 1.53 bits per heavy atom. The van der Waals surface area contributed by atoms with Crippen LogP contribution in [0.4, 0.5) is 0 Å². The van der Waals surface area contributed by atoms with Gasteiger partial charge in [0, 0.05) is 6.42 Å². The standard InChI is InChI=1S/C8H9N5O2/c9-4(8(14)15)1-5-6-7(12-2-10-5)13-3-11-6/h2-4H,1,9H2,(H,14,15)(H,10,11,12,13)/t4-/m1/s1. The molecule has 0 bridgehead atoms. The second-order valence-electron chi connectivity index (χ2n) is 3.07. The van der Waals surface area contributed by atoms with Crippen LogP contribution in [-0.2, 0) is 11.2 Å². The summed E-state index contributed by atoms with van der Waals surface area (Å²) in [5.41, 5.74) is 7.12. The molecule has 2 heterocycles. The number of carboxylic acids is 1. The van der Waals surface area contributed by atoms with Gasteiger partial charge in [0.15, 0.2) is 5.65 Å². The van der Waals surface area contributed by atoms with Gasteiger partial charge in [-0.1, -0.05) is 0 Å². The molecule has 1 atom stereocenters. The van der Waals surface area contributed by atoms with E-state index in [0.717, 1.165) is 0 Å². The maximum atomic E-state index is 10.6. The molecule has 0 saturated carbocycles. The summed E-state index contributed by atoms with van der Waals surface area (Å²) < 4.78 is 0. The molecule has 4 N–H and O–H groups in total. The summed E-state index contributed by atoms with van der Waals surface area (Å²) in [5, 5.41) is 8.67. The van der Waals surface area contributed by atoms with E-state index in [1.165, 1.54) is 12.7 Å². The van der Waals surface area contributed by atoms with E-state index in [-0.39, 0.29) is 6.42 Å². The van der Waals surface area contributed by atoms with Crippen LogP contribution in [-0.4, -0.2) is 37.1 Å². The number of fused-ring (bicyclic) bond motifs is 1. The first-order valence-electron chi connectivity index (χ1n) is 4.30. The van der Waals surface area contributed by atoms with Crippen LogP contribution in [0.15, 0.2) is 12.7 Å². The van der Waals surface area contributed by atoms with E-state index in [9.17, 15) is 4.79 Å². The number of nitrogens with one attached hydrogen (secondary N) is 1. The summed E-state index contributed by atoms with van der Waals surface area (Å²) in [6, 6.07) is -0.966. The Labute approximate surface area is 84.4 Å². The van der Waals surface area contributed by atoms with E-state index in [1.807, 2.05) is 0 Å². The Hall–Kier alpha value is -2.02. The number of aromatic nitrogens is 4. The van der Waals surface area contributed by atoms with Crippen LogP contribution >= 0.6 is 0 Å². The molecule has 2 rings (SSSR count). The predicted molar refractivity (Wildman–Crippen MR) is 51.0 cm³/mol. The Morgan fingerprint density at radius 2 is 2.33 bits per heavy atom. The zero-order chi connectivity index (χ0) is 10.8. The second-order valence-corrected chi connectivity index (χ2v) is 3.07. The van der Waals surface area contributed by atoms with E-state index in [4.69, 9.17) is 10.8 Å². The molecule has 7 nitrogen and oxygen atoms in total. The first kappa shape index (κ1) is 9.53. The summed E-state index contributed by atoms with van der Waals surface area (Å²) in [5.74, 6) is -1.05. The second kappa shape index (κ2) is 3.62. The van der Waals surface area contributed by atoms with Crippen molar-refractivity contribution >= 4 is 17.1 Å². The Morgan fingerprint density at radius 3 is 3.07 bits per heavy atom. The lowest BCUT2D eigenvalue weighted by Crippen LogP contribution is -2.32. The first-order valence-corrected chi connectivity index (χ1v) is 4.30. The van der Waals surface area contributed by atoms with Crippen LogP contribution < -0.4 is 5.73 Å². The third-order valence-electron chi connectivity index (χ3n) is 2.03. The molecule has 0 unspecified atom stereocenters. The topological polar surface area (TPSA) is 118 Å². The fourth-order valence-corrected chi connectivity index (χ4v) is 1.27. The van der Waals surface area contributed by atoms with Crippen molar-refractivity contribution in [2.45, 2.75) is 12.5 Å². The quantitative estimate of drug-likeness (QED) is 0.613. The molecule has 0 fully saturated rings. The van der Waals surface area contributed by atoms with E-state index >= 15 is 0 Å². The van der Waals surface area contributed by atoms with E-state index < -0.39 is 12.0 Å². The van der Waals surface area contributed by atoms with E-state index in [1.54, 1.807) is 0 Å². The summed E-state index contributed by atoms with van der Waals surface area (Å²) in [7, 11) is 0. The van der Waals surface area contributed by atoms with Crippen molar-refractivity contribution in [3.63, 3.8) is 0 Å². The Kier molecular flexibility index (Phi) is 2.30. The number of carboxylic acid groups (broad SMARTS) is 1. The SMILES string of the molecule is N[C@H](Cc1ncnc2nc[nH]c12)C(=O)O. The number of imidazole rings is 1. The highest BCUT2D eigenvalue weighted by molar-refractivity contribution is 5.76. The van der Waals surface area contributed by atoms with Crippen molar-refractivity contribution in [2.75, 3.05) is 0 Å². The van der Waals surface area contributed by atoms with Crippen molar-refractivity contribution in [3.8, 4) is 0 Å². The number of hydrogen-bond donors (Lipinski definition) is 3. The molecule has 0 aliphatic carbocycles. The maximum absolute atomic E-state index is 10.6. The average molecular weight is 207 g/mol. The first-order chi connectivity index (χ1) is 7.18. The molecule has 2 aromatic heterocycles. The third-order valence-corrected chi connectivity index (χ3v) is 2.03. The summed E-state index contributed by atoms with van der Waals surface area (Å²) in [6.45, 7) is 0. The molecule has 2 aromatic rings. The Bertz CT molecular complexity index is 494. The fraction of sp³-hybridized carbons (Fsp3) is 0.250. The number of nitrogens with zero attached hydrogens (tertiary/aromatic N) is 3. The molecule has 0 aliphatic heterocycles. The Balaban J connectivity index is 2.35. The van der Waals surface area contributed by atoms with Gasteiger partial charge in [0.25, 0.3) is 0 Å². The minimum Gasteiger partial charge on any atom is -0.480 e. The van der Waals surface area contributed by atoms with Crippen LogP contribution in [0.25, 0.3) is 11.2 Å². The van der Waals surface area contributed by atoms with E-state index in [0.29, 0.717) is 16.9 Å². The van der Waals surface area contributed by atoms with Gasteiger partial charge < -0.3 is 15.8 Å². The molecule has 0 amide bonds. The summed E-state index contributed by atoms with van der Waals surface area (Å²) in [4.78, 5) is 25.3. The van der Waals surface area contributed by atoms with Gasteiger partial charge in [0.1, 0.15) is 17.9 Å². The van der Waals surface area contributed by atoms with Crippen molar-refractivity contribution in [1.82, 2.24) is 19.9 Å². The van der Waals surface area contributed by atoms with Crippen LogP contribution in [0.1, 0.15) is 5.69 Å². The van der Waals surface area contributed by atoms with Gasteiger partial charge in [-0.25, -0.2) is 15.0 Å². The monoisotopic (exact) mass is 207 g/mol. The van der Waals surface area contributed by atoms with Crippen LogP contribution in [0.5, 0.6) is 0 Å². The van der Waals surface area contributed by atoms with Gasteiger partial charge in [0.05, 0.1) is 12.0 Å². The van der Waals surface area contributed by atoms with Gasteiger partial charge in [-0.15, -0.1) is 0 Å². The van der Waals surface area contributed by atoms with Gasteiger partial charge in [-0.3, -0.25) is 4.79 Å². The number of aromatic amines is 1. The maximum Gasteiger partial charge on any atom is 0.320 e. The molecule has 7 heteroatoms. The van der Waals surface area contributed by atoms with Crippen molar-refractivity contribution < 1.29 is 9.90 Å². The van der Waals surface area contributed by atoms with Crippen molar-refractivity contribution in [1.29, 1.82) is 0 Å². The molecule has 0 aliphatic rings. The zero-order valence-corrected chi connectivity index (χ0v) is 7.71. The number of nitrogens with two attached hydrogens (primary N) is 1. The fourth-order valence-electron chi connectivity index (χ4n) is 1.27. The smallest absolute Gasteiger partial charge is 0.320 e. The minimum atomic E-state index is -1.05. The van der Waals surface area contributed by atoms with Gasteiger partial charge in [-0.2, -0.15) is 0 Å². The molecule has 0 radical (unpaired) electrons. The highest BCUT2D eigenvalue weighted by atomic mass is 16.4.